The van der Waals surface area contributed by atoms with E-state index in [0.717, 1.165) is 11.1 Å². The van der Waals surface area contributed by atoms with Crippen molar-refractivity contribution in [2.24, 2.45) is 5.92 Å². The molecule has 3 rings (SSSR count). The Labute approximate surface area is 218 Å². The van der Waals surface area contributed by atoms with Crippen molar-refractivity contribution in [3.8, 4) is 0 Å². The summed E-state index contributed by atoms with van der Waals surface area (Å²) in [7, 11) is 2.22. The fourth-order valence-electron chi connectivity index (χ4n) is 3.43. The second kappa shape index (κ2) is 13.6. The highest BCUT2D eigenvalue weighted by Gasteiger charge is 2.21. The summed E-state index contributed by atoms with van der Waals surface area (Å²) in [6.07, 6.45) is 0.636. The average Bonchev–Trinajstić information content (AvgIpc) is 2.82. The summed E-state index contributed by atoms with van der Waals surface area (Å²) >= 11 is 12.0. The maximum Gasteiger partial charge on any atom is 0.242 e. The molecule has 10 heteroatoms. The predicted molar refractivity (Wildman–Crippen MR) is 145 cm³/mol. The van der Waals surface area contributed by atoms with Crippen LogP contribution in [0.15, 0.2) is 54.6 Å². The molecule has 0 aliphatic carbocycles. The zero-order chi connectivity index (χ0) is 25.2. The van der Waals surface area contributed by atoms with Gasteiger partial charge in [-0.1, -0.05) is 61.3 Å². The van der Waals surface area contributed by atoms with Gasteiger partial charge in [0.25, 0.3) is 0 Å². The van der Waals surface area contributed by atoms with Crippen LogP contribution in [0.5, 0.6) is 0 Å². The average molecular weight is 534 g/mol. The van der Waals surface area contributed by atoms with Crippen LogP contribution in [-0.2, 0) is 29.0 Å². The summed E-state index contributed by atoms with van der Waals surface area (Å²) in [6, 6.07) is 16.3. The fraction of sp³-hybridized carbons (Fsp3) is 0.320. The van der Waals surface area contributed by atoms with Crippen LogP contribution in [0.25, 0.3) is 0 Å². The molecule has 35 heavy (non-hydrogen) atoms. The first kappa shape index (κ1) is 27.2. The molecule has 1 unspecified atom stereocenters. The molecular weight excluding hydrogens is 504 g/mol. The SMILES string of the molecule is CC(C)C[C@@H](Nc1cc(COP)nc(NCc2cccc(Cl)c2)n1)C(=O)NCc1ccc(Cl)cc1. The minimum Gasteiger partial charge on any atom is -0.359 e. The quantitative estimate of drug-likeness (QED) is 0.253. The maximum atomic E-state index is 13.1. The van der Waals surface area contributed by atoms with Crippen molar-refractivity contribution < 1.29 is 9.32 Å². The minimum absolute atomic E-state index is 0.107. The Balaban J connectivity index is 1.73. The number of hydrogen-bond donors (Lipinski definition) is 3. The molecular formula is C25H30Cl2N5O2P. The second-order valence-corrected chi connectivity index (χ2v) is 9.74. The zero-order valence-electron chi connectivity index (χ0n) is 19.7. The molecule has 0 spiro atoms. The Hall–Kier alpha value is -2.44. The van der Waals surface area contributed by atoms with Crippen LogP contribution >= 0.6 is 32.7 Å². The number of carbonyl (C=O) groups excluding carboxylic acids is 1. The van der Waals surface area contributed by atoms with Crippen LogP contribution in [0, 0.1) is 5.92 Å². The van der Waals surface area contributed by atoms with Crippen LogP contribution in [0.3, 0.4) is 0 Å². The molecule has 0 saturated carbocycles. The zero-order valence-corrected chi connectivity index (χ0v) is 22.4. The Morgan fingerprint density at radius 2 is 1.77 bits per heavy atom. The third kappa shape index (κ3) is 9.26. The normalized spacial score (nSPS) is 11.8. The summed E-state index contributed by atoms with van der Waals surface area (Å²) in [5.41, 5.74) is 2.65. The molecule has 2 aromatic carbocycles. The molecule has 3 aromatic rings. The highest BCUT2D eigenvalue weighted by atomic mass is 35.5. The van der Waals surface area contributed by atoms with E-state index in [-0.39, 0.29) is 12.5 Å². The number of benzene rings is 2. The monoisotopic (exact) mass is 533 g/mol. The number of aromatic nitrogens is 2. The standard InChI is InChI=1S/C25H30Cl2N5O2P/c1-16(2)10-22(24(33)28-13-17-6-8-19(26)9-7-17)31-23-12-21(15-34-35)30-25(32-23)29-14-18-4-3-5-20(27)11-18/h3-9,11-12,16,22H,10,13-15,35H2,1-2H3,(H,28,33)(H2,29,30,31,32)/t22-/m1/s1. The molecule has 1 amide bonds. The van der Waals surface area contributed by atoms with Gasteiger partial charge in [0.05, 0.1) is 12.3 Å². The first-order valence-corrected chi connectivity index (χ1v) is 12.5. The highest BCUT2D eigenvalue weighted by molar-refractivity contribution is 7.09. The van der Waals surface area contributed by atoms with Crippen molar-refractivity contribution in [2.45, 2.75) is 46.0 Å². The third-order valence-electron chi connectivity index (χ3n) is 5.08. The van der Waals surface area contributed by atoms with E-state index in [1.54, 1.807) is 18.2 Å². The lowest BCUT2D eigenvalue weighted by molar-refractivity contribution is -0.122. The van der Waals surface area contributed by atoms with Gasteiger partial charge in [0.2, 0.25) is 11.9 Å². The summed E-state index contributed by atoms with van der Waals surface area (Å²) in [5.74, 6) is 1.16. The van der Waals surface area contributed by atoms with Gasteiger partial charge in [-0.25, -0.2) is 4.98 Å². The van der Waals surface area contributed by atoms with Crippen LogP contribution < -0.4 is 16.0 Å². The molecule has 1 aromatic heterocycles. The fourth-order valence-corrected chi connectivity index (χ4v) is 3.94. The first-order chi connectivity index (χ1) is 16.8. The van der Waals surface area contributed by atoms with Gasteiger partial charge in [-0.2, -0.15) is 4.98 Å². The van der Waals surface area contributed by atoms with Crippen LogP contribution in [0.2, 0.25) is 10.0 Å². The van der Waals surface area contributed by atoms with Crippen LogP contribution in [-0.4, -0.2) is 21.9 Å². The Morgan fingerprint density at radius 3 is 2.46 bits per heavy atom. The molecule has 186 valence electrons. The van der Waals surface area contributed by atoms with E-state index in [1.807, 2.05) is 36.4 Å². The summed E-state index contributed by atoms with van der Waals surface area (Å²) in [6.45, 7) is 5.35. The second-order valence-electron chi connectivity index (χ2n) is 8.53. The molecule has 2 atom stereocenters. The van der Waals surface area contributed by atoms with Gasteiger partial charge >= 0.3 is 0 Å². The largest absolute Gasteiger partial charge is 0.359 e. The number of nitrogens with one attached hydrogen (secondary N) is 3. The van der Waals surface area contributed by atoms with E-state index in [9.17, 15) is 4.79 Å². The Morgan fingerprint density at radius 1 is 1.00 bits per heavy atom. The van der Waals surface area contributed by atoms with Crippen molar-refractivity contribution in [3.05, 3.63) is 81.5 Å². The van der Waals surface area contributed by atoms with E-state index in [4.69, 9.17) is 27.7 Å². The Kier molecular flexibility index (Phi) is 10.5. The van der Waals surface area contributed by atoms with Gasteiger partial charge in [0.15, 0.2) is 0 Å². The van der Waals surface area contributed by atoms with Gasteiger partial charge < -0.3 is 20.5 Å². The van der Waals surface area contributed by atoms with E-state index < -0.39 is 6.04 Å². The van der Waals surface area contributed by atoms with E-state index in [0.29, 0.717) is 52.9 Å². The molecule has 1 heterocycles. The molecule has 3 N–H and O–H groups in total. The topological polar surface area (TPSA) is 88.2 Å². The molecule has 7 nitrogen and oxygen atoms in total. The van der Waals surface area contributed by atoms with Gasteiger partial charge in [0, 0.05) is 38.7 Å². The lowest BCUT2D eigenvalue weighted by Gasteiger charge is -2.21. The molecule has 0 aliphatic heterocycles. The van der Waals surface area contributed by atoms with Gasteiger partial charge in [-0.15, -0.1) is 0 Å². The maximum absolute atomic E-state index is 13.1. The van der Waals surface area contributed by atoms with E-state index in [1.165, 1.54) is 0 Å². The van der Waals surface area contributed by atoms with Crippen molar-refractivity contribution in [3.63, 3.8) is 0 Å². The van der Waals surface area contributed by atoms with E-state index >= 15 is 0 Å². The van der Waals surface area contributed by atoms with Crippen molar-refractivity contribution in [1.82, 2.24) is 15.3 Å². The molecule has 0 bridgehead atoms. The smallest absolute Gasteiger partial charge is 0.242 e. The molecule has 0 saturated heterocycles. The Bertz CT molecular complexity index is 1120. The van der Waals surface area contributed by atoms with Crippen molar-refractivity contribution >= 4 is 50.3 Å². The lowest BCUT2D eigenvalue weighted by Crippen LogP contribution is -2.40. The van der Waals surface area contributed by atoms with Crippen molar-refractivity contribution in [1.29, 1.82) is 0 Å². The number of carbonyl (C=O) groups is 1. The molecule has 0 fully saturated rings. The van der Waals surface area contributed by atoms with Crippen LogP contribution in [0.1, 0.15) is 37.1 Å². The number of rotatable bonds is 12. The summed E-state index contributed by atoms with van der Waals surface area (Å²) < 4.78 is 5.19. The number of hydrogen-bond acceptors (Lipinski definition) is 6. The predicted octanol–water partition coefficient (Wildman–Crippen LogP) is 5.85. The number of halogens is 2. The molecule has 0 aliphatic rings. The molecule has 0 radical (unpaired) electrons. The van der Waals surface area contributed by atoms with Gasteiger partial charge in [-0.3, -0.25) is 4.79 Å². The lowest BCUT2D eigenvalue weighted by atomic mass is 10.0. The first-order valence-electron chi connectivity index (χ1n) is 11.3. The van der Waals surface area contributed by atoms with Crippen LogP contribution in [0.4, 0.5) is 11.8 Å². The number of nitrogens with zero attached hydrogens (tertiary/aromatic N) is 2. The summed E-state index contributed by atoms with van der Waals surface area (Å²) in [4.78, 5) is 22.2. The minimum atomic E-state index is -0.470. The summed E-state index contributed by atoms with van der Waals surface area (Å²) in [5, 5.41) is 10.9. The third-order valence-corrected chi connectivity index (χ3v) is 5.73. The van der Waals surface area contributed by atoms with E-state index in [2.05, 4.69) is 49.2 Å². The van der Waals surface area contributed by atoms with Gasteiger partial charge in [0.1, 0.15) is 11.9 Å². The number of anilines is 2. The highest BCUT2D eigenvalue weighted by Crippen LogP contribution is 2.18. The number of amides is 1. The van der Waals surface area contributed by atoms with Gasteiger partial charge in [-0.05, 0) is 47.7 Å². The van der Waals surface area contributed by atoms with Crippen molar-refractivity contribution in [2.75, 3.05) is 10.6 Å².